The Morgan fingerprint density at radius 1 is 0.829 bits per heavy atom. The van der Waals surface area contributed by atoms with Crippen LogP contribution in [-0.2, 0) is 14.4 Å². The Balaban J connectivity index is 1.64. The highest BCUT2D eigenvalue weighted by atomic mass is 19.1. The van der Waals surface area contributed by atoms with Gasteiger partial charge in [-0.15, -0.1) is 0 Å². The van der Waals surface area contributed by atoms with E-state index in [4.69, 9.17) is 4.84 Å². The van der Waals surface area contributed by atoms with Crippen LogP contribution in [-0.4, -0.2) is 27.8 Å². The lowest BCUT2D eigenvalue weighted by Crippen LogP contribution is -2.37. The molecule has 12 heteroatoms. The van der Waals surface area contributed by atoms with Gasteiger partial charge in [0.2, 0.25) is 5.91 Å². The molecule has 3 atom stereocenters. The first kappa shape index (κ1) is 22.1. The number of carbonyl (C=O) groups is 2. The van der Waals surface area contributed by atoms with E-state index in [9.17, 15) is 34.2 Å². The molecule has 3 aromatic rings. The van der Waals surface area contributed by atoms with Gasteiger partial charge in [0, 0.05) is 18.2 Å². The van der Waals surface area contributed by atoms with Crippen molar-refractivity contribution < 1.29 is 28.7 Å². The molecule has 0 aromatic heterocycles. The van der Waals surface area contributed by atoms with Gasteiger partial charge in [0.05, 0.1) is 26.8 Å². The molecule has 3 aromatic carbocycles. The maximum atomic E-state index is 13.5. The van der Waals surface area contributed by atoms with E-state index in [1.807, 2.05) is 0 Å². The van der Waals surface area contributed by atoms with Gasteiger partial charge in [0.1, 0.15) is 17.8 Å². The number of nitro groups is 2. The summed E-state index contributed by atoms with van der Waals surface area (Å²) >= 11 is 0. The van der Waals surface area contributed by atoms with Crippen LogP contribution < -0.4 is 9.96 Å². The number of amides is 2. The molecule has 5 rings (SSSR count). The molecule has 2 aliphatic heterocycles. The van der Waals surface area contributed by atoms with Crippen molar-refractivity contribution in [1.82, 2.24) is 0 Å². The van der Waals surface area contributed by atoms with E-state index >= 15 is 0 Å². The average molecular weight is 478 g/mol. The van der Waals surface area contributed by atoms with Crippen LogP contribution in [0.3, 0.4) is 0 Å². The Labute approximate surface area is 196 Å². The Morgan fingerprint density at radius 2 is 1.54 bits per heavy atom. The smallest absolute Gasteiger partial charge is 0.273 e. The van der Waals surface area contributed by atoms with E-state index in [2.05, 4.69) is 0 Å². The first-order chi connectivity index (χ1) is 16.8. The average Bonchev–Trinajstić information content (AvgIpc) is 3.36. The Hall–Kier alpha value is -4.71. The molecule has 35 heavy (non-hydrogen) atoms. The fourth-order valence-corrected chi connectivity index (χ4v) is 4.45. The van der Waals surface area contributed by atoms with Crippen LogP contribution in [0, 0.1) is 32.0 Å². The molecule has 0 spiro atoms. The SMILES string of the molecule is O=C1C2ON(c3cccc([N+](=O)[O-])c3)C(c3ccccc3[N+](=O)[O-])C2C(=O)N1c1ccc(F)cc1. The minimum Gasteiger partial charge on any atom is -0.273 e. The van der Waals surface area contributed by atoms with E-state index in [0.29, 0.717) is 0 Å². The first-order valence-corrected chi connectivity index (χ1v) is 10.3. The third-order valence-corrected chi connectivity index (χ3v) is 5.95. The summed E-state index contributed by atoms with van der Waals surface area (Å²) in [5, 5.41) is 24.2. The Bertz CT molecular complexity index is 1380. The molecule has 0 bridgehead atoms. The molecule has 2 saturated heterocycles. The fourth-order valence-electron chi connectivity index (χ4n) is 4.45. The number of fused-ring (bicyclic) bond motifs is 1. The molecule has 2 heterocycles. The first-order valence-electron chi connectivity index (χ1n) is 10.3. The molecule has 0 saturated carbocycles. The summed E-state index contributed by atoms with van der Waals surface area (Å²) in [5.74, 6) is -3.18. The molecule has 0 N–H and O–H groups in total. The maximum absolute atomic E-state index is 13.5. The maximum Gasteiger partial charge on any atom is 0.274 e. The highest BCUT2D eigenvalue weighted by molar-refractivity contribution is 6.24. The van der Waals surface area contributed by atoms with Gasteiger partial charge < -0.3 is 0 Å². The van der Waals surface area contributed by atoms with E-state index in [1.54, 1.807) is 6.07 Å². The van der Waals surface area contributed by atoms with Gasteiger partial charge in [-0.2, -0.15) is 0 Å². The van der Waals surface area contributed by atoms with Crippen molar-refractivity contribution in [2.45, 2.75) is 12.1 Å². The molecular weight excluding hydrogens is 463 g/mol. The van der Waals surface area contributed by atoms with Crippen molar-refractivity contribution in [3.63, 3.8) is 0 Å². The van der Waals surface area contributed by atoms with Crippen LogP contribution in [0.15, 0.2) is 72.8 Å². The molecular formula is C23H15FN4O7. The number of imide groups is 1. The molecule has 0 radical (unpaired) electrons. The van der Waals surface area contributed by atoms with Crippen molar-refractivity contribution in [3.8, 4) is 0 Å². The van der Waals surface area contributed by atoms with Crippen molar-refractivity contribution in [2.24, 2.45) is 5.92 Å². The lowest BCUT2D eigenvalue weighted by Gasteiger charge is -2.28. The number of nitrogens with zero attached hydrogens (tertiary/aromatic N) is 4. The standard InChI is InChI=1S/C23H15FN4O7/c24-13-8-10-14(11-9-13)25-22(29)19-20(17-6-1-2-7-18(17)28(33)34)26(35-21(19)23(25)30)15-4-3-5-16(12-15)27(31)32/h1-12,19-21H. The Kier molecular flexibility index (Phi) is 5.21. The lowest BCUT2D eigenvalue weighted by atomic mass is 9.89. The summed E-state index contributed by atoms with van der Waals surface area (Å²) in [7, 11) is 0. The number of para-hydroxylation sites is 1. The number of benzene rings is 3. The highest BCUT2D eigenvalue weighted by Gasteiger charge is 2.61. The second-order valence-corrected chi connectivity index (χ2v) is 7.90. The number of halogens is 1. The summed E-state index contributed by atoms with van der Waals surface area (Å²) in [6, 6.07) is 14.6. The molecule has 176 valence electrons. The van der Waals surface area contributed by atoms with Crippen molar-refractivity contribution in [3.05, 3.63) is 104 Å². The van der Waals surface area contributed by atoms with Crippen LogP contribution in [0.2, 0.25) is 0 Å². The number of hydrogen-bond acceptors (Lipinski definition) is 8. The topological polar surface area (TPSA) is 136 Å². The van der Waals surface area contributed by atoms with Gasteiger partial charge in [0.15, 0.2) is 6.10 Å². The normalized spacial score (nSPS) is 21.3. The van der Waals surface area contributed by atoms with E-state index in [0.717, 1.165) is 22.1 Å². The number of anilines is 2. The number of rotatable bonds is 5. The minimum atomic E-state index is -1.35. The zero-order valence-corrected chi connectivity index (χ0v) is 17.7. The van der Waals surface area contributed by atoms with Crippen LogP contribution in [0.5, 0.6) is 0 Å². The van der Waals surface area contributed by atoms with Crippen molar-refractivity contribution >= 4 is 34.6 Å². The van der Waals surface area contributed by atoms with Crippen LogP contribution >= 0.6 is 0 Å². The zero-order valence-electron chi connectivity index (χ0n) is 17.7. The van der Waals surface area contributed by atoms with E-state index in [-0.39, 0.29) is 28.3 Å². The number of hydrogen-bond donors (Lipinski definition) is 0. The van der Waals surface area contributed by atoms with Gasteiger partial charge in [-0.3, -0.25) is 34.7 Å². The fraction of sp³-hybridized carbons (Fsp3) is 0.130. The minimum absolute atomic E-state index is 0.0959. The van der Waals surface area contributed by atoms with Crippen LogP contribution in [0.25, 0.3) is 0 Å². The highest BCUT2D eigenvalue weighted by Crippen LogP contribution is 2.49. The van der Waals surface area contributed by atoms with Crippen molar-refractivity contribution in [2.75, 3.05) is 9.96 Å². The summed E-state index contributed by atoms with van der Waals surface area (Å²) < 4.78 is 13.4. The predicted octanol–water partition coefficient (Wildman–Crippen LogP) is 3.69. The molecule has 11 nitrogen and oxygen atoms in total. The number of nitro benzene ring substituents is 2. The lowest BCUT2D eigenvalue weighted by molar-refractivity contribution is -0.385. The third-order valence-electron chi connectivity index (χ3n) is 5.95. The summed E-state index contributed by atoms with van der Waals surface area (Å²) in [5.41, 5.74) is -0.209. The largest absolute Gasteiger partial charge is 0.274 e. The van der Waals surface area contributed by atoms with Crippen LogP contribution in [0.4, 0.5) is 27.1 Å². The van der Waals surface area contributed by atoms with Gasteiger partial charge >= 0.3 is 0 Å². The van der Waals surface area contributed by atoms with Crippen LogP contribution in [0.1, 0.15) is 11.6 Å². The quantitative estimate of drug-likeness (QED) is 0.308. The molecule has 0 aliphatic carbocycles. The summed E-state index contributed by atoms with van der Waals surface area (Å²) in [4.78, 5) is 55.4. The molecule has 2 amide bonds. The number of hydroxylamine groups is 1. The third kappa shape index (κ3) is 3.56. The van der Waals surface area contributed by atoms with E-state index < -0.39 is 45.5 Å². The molecule has 3 unspecified atom stereocenters. The summed E-state index contributed by atoms with van der Waals surface area (Å²) in [6.07, 6.45) is -1.35. The zero-order chi connectivity index (χ0) is 24.9. The van der Waals surface area contributed by atoms with E-state index in [1.165, 1.54) is 54.6 Å². The second-order valence-electron chi connectivity index (χ2n) is 7.90. The second kappa shape index (κ2) is 8.25. The predicted molar refractivity (Wildman–Crippen MR) is 119 cm³/mol. The molecule has 2 fully saturated rings. The summed E-state index contributed by atoms with van der Waals surface area (Å²) in [6.45, 7) is 0. The number of non-ortho nitro benzene ring substituents is 1. The van der Waals surface area contributed by atoms with Gasteiger partial charge in [0.25, 0.3) is 17.3 Å². The van der Waals surface area contributed by atoms with Gasteiger partial charge in [-0.1, -0.05) is 18.2 Å². The molecule has 2 aliphatic rings. The van der Waals surface area contributed by atoms with Crippen molar-refractivity contribution in [1.29, 1.82) is 0 Å². The number of carbonyl (C=O) groups excluding carboxylic acids is 2. The Morgan fingerprint density at radius 3 is 2.23 bits per heavy atom. The van der Waals surface area contributed by atoms with Gasteiger partial charge in [-0.05, 0) is 36.4 Å². The monoisotopic (exact) mass is 478 g/mol. The van der Waals surface area contributed by atoms with Gasteiger partial charge in [-0.25, -0.2) is 14.4 Å².